The Morgan fingerprint density at radius 2 is 1.52 bits per heavy atom. The fourth-order valence-corrected chi connectivity index (χ4v) is 3.11. The smallest absolute Gasteiger partial charge is 0.287 e. The zero-order chi connectivity index (χ0) is 16.7. The third kappa shape index (κ3) is 5.75. The Balaban J connectivity index is 1.91. The van der Waals surface area contributed by atoms with Crippen molar-refractivity contribution in [3.63, 3.8) is 0 Å². The van der Waals surface area contributed by atoms with Crippen LogP contribution in [-0.4, -0.2) is 17.0 Å². The van der Waals surface area contributed by atoms with Gasteiger partial charge in [-0.25, -0.2) is 0 Å². The third-order valence-corrected chi connectivity index (χ3v) is 4.36. The van der Waals surface area contributed by atoms with E-state index in [-0.39, 0.29) is 5.56 Å². The van der Waals surface area contributed by atoms with E-state index in [1.807, 2.05) is 30.3 Å². The SMILES string of the molecule is O=C(C[C@@H](c1ccccc1)C(F)(F)F)SCCc1ccccc1. The number of hydrogen-bond acceptors (Lipinski definition) is 2. The lowest BCUT2D eigenvalue weighted by atomic mass is 9.96. The molecule has 0 fully saturated rings. The Bertz CT molecular complexity index is 611. The van der Waals surface area contributed by atoms with Gasteiger partial charge in [0.25, 0.3) is 0 Å². The summed E-state index contributed by atoms with van der Waals surface area (Å²) in [7, 11) is 0. The molecule has 0 bridgehead atoms. The van der Waals surface area contributed by atoms with Gasteiger partial charge in [0.15, 0.2) is 5.12 Å². The van der Waals surface area contributed by atoms with Gasteiger partial charge < -0.3 is 0 Å². The number of carbonyl (C=O) groups excluding carboxylic acids is 1. The molecule has 0 aliphatic carbocycles. The second kappa shape index (κ2) is 8.20. The molecular weight excluding hydrogens is 321 g/mol. The van der Waals surface area contributed by atoms with Crippen LogP contribution in [0.25, 0.3) is 0 Å². The molecule has 0 N–H and O–H groups in total. The first-order chi connectivity index (χ1) is 11.0. The van der Waals surface area contributed by atoms with Crippen LogP contribution in [0.2, 0.25) is 0 Å². The number of alkyl halides is 3. The van der Waals surface area contributed by atoms with Gasteiger partial charge in [-0.3, -0.25) is 4.79 Å². The highest BCUT2D eigenvalue weighted by Crippen LogP contribution is 2.38. The van der Waals surface area contributed by atoms with Gasteiger partial charge in [0, 0.05) is 12.2 Å². The Morgan fingerprint density at radius 1 is 0.957 bits per heavy atom. The predicted molar refractivity (Wildman–Crippen MR) is 87.5 cm³/mol. The molecule has 0 heterocycles. The normalized spacial score (nSPS) is 12.8. The van der Waals surface area contributed by atoms with E-state index in [0.717, 1.165) is 17.3 Å². The van der Waals surface area contributed by atoms with Crippen LogP contribution in [-0.2, 0) is 11.2 Å². The van der Waals surface area contributed by atoms with Gasteiger partial charge in [0.1, 0.15) is 0 Å². The summed E-state index contributed by atoms with van der Waals surface area (Å²) in [4.78, 5) is 11.9. The van der Waals surface area contributed by atoms with Crippen molar-refractivity contribution in [1.29, 1.82) is 0 Å². The van der Waals surface area contributed by atoms with Gasteiger partial charge in [-0.05, 0) is 17.5 Å². The highest BCUT2D eigenvalue weighted by atomic mass is 32.2. The zero-order valence-corrected chi connectivity index (χ0v) is 13.2. The maximum Gasteiger partial charge on any atom is 0.396 e. The molecule has 0 saturated heterocycles. The summed E-state index contributed by atoms with van der Waals surface area (Å²) in [5, 5.41) is -0.424. The number of hydrogen-bond donors (Lipinski definition) is 0. The van der Waals surface area contributed by atoms with Crippen molar-refractivity contribution in [2.45, 2.75) is 24.9 Å². The van der Waals surface area contributed by atoms with E-state index in [9.17, 15) is 18.0 Å². The highest BCUT2D eigenvalue weighted by molar-refractivity contribution is 8.13. The molecule has 2 rings (SSSR count). The number of rotatable bonds is 6. The van der Waals surface area contributed by atoms with E-state index in [4.69, 9.17) is 0 Å². The molecule has 2 aromatic carbocycles. The summed E-state index contributed by atoms with van der Waals surface area (Å²) in [5.74, 6) is -1.25. The predicted octanol–water partition coefficient (Wildman–Crippen LogP) is 5.23. The number of carbonyl (C=O) groups is 1. The lowest BCUT2D eigenvalue weighted by Gasteiger charge is -2.19. The Labute approximate surface area is 137 Å². The van der Waals surface area contributed by atoms with Gasteiger partial charge in [-0.1, -0.05) is 72.4 Å². The van der Waals surface area contributed by atoms with Gasteiger partial charge in [0.2, 0.25) is 0 Å². The first-order valence-electron chi connectivity index (χ1n) is 7.28. The van der Waals surface area contributed by atoms with E-state index < -0.39 is 23.6 Å². The molecule has 0 saturated carbocycles. The van der Waals surface area contributed by atoms with Gasteiger partial charge >= 0.3 is 6.18 Å². The zero-order valence-electron chi connectivity index (χ0n) is 12.4. The minimum Gasteiger partial charge on any atom is -0.287 e. The Morgan fingerprint density at radius 3 is 2.09 bits per heavy atom. The lowest BCUT2D eigenvalue weighted by Crippen LogP contribution is -2.23. The summed E-state index contributed by atoms with van der Waals surface area (Å²) in [5.41, 5.74) is 1.21. The fourth-order valence-electron chi connectivity index (χ4n) is 2.26. The molecule has 1 atom stereocenters. The molecule has 2 aromatic rings. The van der Waals surface area contributed by atoms with E-state index in [1.165, 1.54) is 12.1 Å². The standard InChI is InChI=1S/C18H17F3OS/c19-18(20,21)16(15-9-5-2-6-10-15)13-17(22)23-12-11-14-7-3-1-4-8-14/h1-10,16H,11-13H2/t16-/m0/s1. The lowest BCUT2D eigenvalue weighted by molar-refractivity contribution is -0.154. The van der Waals surface area contributed by atoms with E-state index >= 15 is 0 Å². The van der Waals surface area contributed by atoms with Crippen LogP contribution >= 0.6 is 11.8 Å². The molecular formula is C18H17F3OS. The molecule has 0 amide bonds. The summed E-state index contributed by atoms with van der Waals surface area (Å²) in [6.45, 7) is 0. The summed E-state index contributed by atoms with van der Waals surface area (Å²) < 4.78 is 39.6. The molecule has 0 aliphatic heterocycles. The number of halogens is 3. The van der Waals surface area contributed by atoms with Crippen molar-refractivity contribution in [2.75, 3.05) is 5.75 Å². The van der Waals surface area contributed by atoms with Crippen LogP contribution in [0.1, 0.15) is 23.5 Å². The fraction of sp³-hybridized carbons (Fsp3) is 0.278. The first kappa shape index (κ1) is 17.6. The van der Waals surface area contributed by atoms with Crippen LogP contribution in [0.3, 0.4) is 0 Å². The number of benzene rings is 2. The van der Waals surface area contributed by atoms with Crippen molar-refractivity contribution in [1.82, 2.24) is 0 Å². The summed E-state index contributed by atoms with van der Waals surface area (Å²) >= 11 is 0.971. The van der Waals surface area contributed by atoms with Crippen molar-refractivity contribution < 1.29 is 18.0 Å². The second-order valence-corrected chi connectivity index (χ2v) is 6.32. The van der Waals surface area contributed by atoms with Gasteiger partial charge in [-0.15, -0.1) is 0 Å². The Kier molecular flexibility index (Phi) is 6.28. The van der Waals surface area contributed by atoms with Crippen molar-refractivity contribution >= 4 is 16.9 Å². The maximum absolute atomic E-state index is 13.2. The van der Waals surface area contributed by atoms with Crippen molar-refractivity contribution in [3.05, 3.63) is 71.8 Å². The topological polar surface area (TPSA) is 17.1 Å². The molecule has 5 heteroatoms. The van der Waals surface area contributed by atoms with E-state index in [2.05, 4.69) is 0 Å². The van der Waals surface area contributed by atoms with Crippen LogP contribution < -0.4 is 0 Å². The molecule has 0 aromatic heterocycles. The minimum absolute atomic E-state index is 0.136. The second-order valence-electron chi connectivity index (χ2n) is 5.17. The molecule has 0 radical (unpaired) electrons. The summed E-state index contributed by atoms with van der Waals surface area (Å²) in [6.07, 6.45) is -4.27. The summed E-state index contributed by atoms with van der Waals surface area (Å²) in [6, 6.07) is 17.2. The van der Waals surface area contributed by atoms with Crippen LogP contribution in [0, 0.1) is 0 Å². The average Bonchev–Trinajstić information content (AvgIpc) is 2.53. The van der Waals surface area contributed by atoms with Gasteiger partial charge in [-0.2, -0.15) is 13.2 Å². The monoisotopic (exact) mass is 338 g/mol. The van der Waals surface area contributed by atoms with Crippen LogP contribution in [0.15, 0.2) is 60.7 Å². The number of aryl methyl sites for hydroxylation is 1. The van der Waals surface area contributed by atoms with Crippen molar-refractivity contribution in [3.8, 4) is 0 Å². The quantitative estimate of drug-likeness (QED) is 0.718. The molecule has 23 heavy (non-hydrogen) atoms. The highest BCUT2D eigenvalue weighted by Gasteiger charge is 2.41. The maximum atomic E-state index is 13.2. The minimum atomic E-state index is -4.42. The van der Waals surface area contributed by atoms with E-state index in [1.54, 1.807) is 18.2 Å². The van der Waals surface area contributed by atoms with E-state index in [0.29, 0.717) is 12.2 Å². The molecule has 0 aliphatic rings. The molecule has 0 unspecified atom stereocenters. The number of thioether (sulfide) groups is 1. The Hall–Kier alpha value is -1.75. The molecule has 1 nitrogen and oxygen atoms in total. The molecule has 0 spiro atoms. The first-order valence-corrected chi connectivity index (χ1v) is 8.26. The largest absolute Gasteiger partial charge is 0.396 e. The van der Waals surface area contributed by atoms with Crippen LogP contribution in [0.4, 0.5) is 13.2 Å². The van der Waals surface area contributed by atoms with Gasteiger partial charge in [0.05, 0.1) is 5.92 Å². The third-order valence-electron chi connectivity index (χ3n) is 3.46. The average molecular weight is 338 g/mol. The van der Waals surface area contributed by atoms with Crippen LogP contribution in [0.5, 0.6) is 0 Å². The molecule has 122 valence electrons. The van der Waals surface area contributed by atoms with Crippen molar-refractivity contribution in [2.24, 2.45) is 0 Å².